The molecule has 0 saturated carbocycles. The molecule has 3 heterocycles. The van der Waals surface area contributed by atoms with Gasteiger partial charge < -0.3 is 16.0 Å². The van der Waals surface area contributed by atoms with Gasteiger partial charge in [0.15, 0.2) is 17.5 Å². The maximum atomic E-state index is 14.9. The van der Waals surface area contributed by atoms with Gasteiger partial charge in [0.2, 0.25) is 0 Å². The molecule has 1 aromatic carbocycles. The normalized spacial score (nSPS) is 22.9. The fourth-order valence-corrected chi connectivity index (χ4v) is 5.31. The molecule has 0 amide bonds. The van der Waals surface area contributed by atoms with Gasteiger partial charge in [-0.25, -0.2) is 18.7 Å². The van der Waals surface area contributed by atoms with Crippen LogP contribution in [0, 0.1) is 11.6 Å². The van der Waals surface area contributed by atoms with Crippen molar-refractivity contribution in [1.29, 1.82) is 0 Å². The molecule has 0 aliphatic carbocycles. The van der Waals surface area contributed by atoms with Crippen LogP contribution < -0.4 is 16.6 Å². The highest BCUT2D eigenvalue weighted by atomic mass is 32.3. The van der Waals surface area contributed by atoms with Crippen LogP contribution in [0.5, 0.6) is 0 Å². The zero-order valence-electron chi connectivity index (χ0n) is 17.5. The summed E-state index contributed by atoms with van der Waals surface area (Å²) in [6.07, 6.45) is 2.51. The van der Waals surface area contributed by atoms with E-state index in [1.165, 1.54) is 19.2 Å². The van der Waals surface area contributed by atoms with Gasteiger partial charge in [-0.2, -0.15) is 10.6 Å². The third-order valence-electron chi connectivity index (χ3n) is 5.65. The van der Waals surface area contributed by atoms with Crippen LogP contribution in [0.15, 0.2) is 40.4 Å². The number of aliphatic imine (C=N–C) groups is 1. The lowest BCUT2D eigenvalue weighted by molar-refractivity contribution is 0.409. The quantitative estimate of drug-likeness (QED) is 0.398. The molecule has 0 spiro atoms. The summed E-state index contributed by atoms with van der Waals surface area (Å²) < 4.78 is 49.6. The minimum Gasteiger partial charge on any atom is -0.386 e. The standard InChI is InChI=1S/C20H22F2N6O3S/c1-19(2)18(23)28-20(3,9-32(19,30)31)11-6-10(7-12(21)15(11)22)26-17-16-13(4-5-24-17)27-14(29)8-25-16/h4-8,30-31H,9H2,1-3H3,(H2,23,28)(H,24,26)(H,27,29)/t20-/m0/s1. The number of fused-ring (bicyclic) bond motifs is 1. The average Bonchev–Trinajstić information content (AvgIpc) is 2.68. The van der Waals surface area contributed by atoms with E-state index in [1.54, 1.807) is 19.9 Å². The van der Waals surface area contributed by atoms with E-state index in [4.69, 9.17) is 5.73 Å². The van der Waals surface area contributed by atoms with Crippen molar-refractivity contribution in [2.45, 2.75) is 31.1 Å². The minimum atomic E-state index is -3.32. The van der Waals surface area contributed by atoms with E-state index in [0.29, 0.717) is 11.0 Å². The van der Waals surface area contributed by atoms with E-state index in [1.807, 2.05) is 0 Å². The lowest BCUT2D eigenvalue weighted by atomic mass is 9.92. The first-order valence-corrected chi connectivity index (χ1v) is 11.3. The second kappa shape index (κ2) is 7.22. The number of rotatable bonds is 3. The van der Waals surface area contributed by atoms with Crippen LogP contribution in [-0.2, 0) is 5.54 Å². The van der Waals surface area contributed by atoms with Gasteiger partial charge in [0.25, 0.3) is 5.56 Å². The zero-order valence-corrected chi connectivity index (χ0v) is 18.3. The molecule has 0 bridgehead atoms. The van der Waals surface area contributed by atoms with Gasteiger partial charge in [-0.05, 0) is 32.9 Å². The summed E-state index contributed by atoms with van der Waals surface area (Å²) in [4.78, 5) is 26.7. The molecular weight excluding hydrogens is 442 g/mol. The highest BCUT2D eigenvalue weighted by Crippen LogP contribution is 2.59. The molecule has 2 aromatic heterocycles. The summed E-state index contributed by atoms with van der Waals surface area (Å²) in [5.41, 5.74) is 4.75. The van der Waals surface area contributed by atoms with Crippen molar-refractivity contribution in [3.8, 4) is 0 Å². The Balaban J connectivity index is 1.82. The van der Waals surface area contributed by atoms with Crippen molar-refractivity contribution in [1.82, 2.24) is 15.0 Å². The molecule has 12 heteroatoms. The highest BCUT2D eigenvalue weighted by Gasteiger charge is 2.49. The topological polar surface area (TPSA) is 150 Å². The van der Waals surface area contributed by atoms with Crippen molar-refractivity contribution in [2.24, 2.45) is 10.7 Å². The molecule has 0 radical (unpaired) electrons. The maximum absolute atomic E-state index is 14.9. The fraction of sp³-hybridized carbons (Fsp3) is 0.300. The molecule has 4 rings (SSSR count). The molecule has 1 aliphatic rings. The molecule has 9 nitrogen and oxygen atoms in total. The summed E-state index contributed by atoms with van der Waals surface area (Å²) >= 11 is 0. The number of H-pyrrole nitrogens is 1. The van der Waals surface area contributed by atoms with Crippen LogP contribution >= 0.6 is 10.6 Å². The Morgan fingerprint density at radius 3 is 2.62 bits per heavy atom. The Kier molecular flexibility index (Phi) is 4.99. The fourth-order valence-electron chi connectivity index (χ4n) is 3.57. The zero-order chi connectivity index (χ0) is 23.5. The van der Waals surface area contributed by atoms with Crippen LogP contribution in [0.25, 0.3) is 11.0 Å². The number of halogens is 2. The minimum absolute atomic E-state index is 0.0618. The second-order valence-corrected chi connectivity index (χ2v) is 11.0. The summed E-state index contributed by atoms with van der Waals surface area (Å²) in [7, 11) is -3.32. The smallest absolute Gasteiger partial charge is 0.266 e. The van der Waals surface area contributed by atoms with E-state index in [-0.39, 0.29) is 28.7 Å². The van der Waals surface area contributed by atoms with E-state index < -0.39 is 38.1 Å². The summed E-state index contributed by atoms with van der Waals surface area (Å²) in [5.74, 6) is -2.52. The first kappa shape index (κ1) is 22.1. The second-order valence-electron chi connectivity index (χ2n) is 8.34. The van der Waals surface area contributed by atoms with Crippen LogP contribution in [0.1, 0.15) is 26.3 Å². The number of nitrogens with zero attached hydrogens (tertiary/aromatic N) is 3. The number of amidine groups is 1. The lowest BCUT2D eigenvalue weighted by Crippen LogP contribution is -2.52. The summed E-state index contributed by atoms with van der Waals surface area (Å²) in [5, 5.41) is 2.88. The van der Waals surface area contributed by atoms with Crippen molar-refractivity contribution in [3.63, 3.8) is 0 Å². The maximum Gasteiger partial charge on any atom is 0.266 e. The Morgan fingerprint density at radius 1 is 1.22 bits per heavy atom. The van der Waals surface area contributed by atoms with E-state index in [0.717, 1.165) is 12.3 Å². The molecule has 3 aromatic rings. The van der Waals surface area contributed by atoms with E-state index in [2.05, 4.69) is 25.3 Å². The first-order chi connectivity index (χ1) is 14.8. The summed E-state index contributed by atoms with van der Waals surface area (Å²) in [6, 6.07) is 3.81. The molecule has 0 fully saturated rings. The van der Waals surface area contributed by atoms with Crippen molar-refractivity contribution < 1.29 is 17.9 Å². The number of anilines is 2. The lowest BCUT2D eigenvalue weighted by Gasteiger charge is -2.53. The molecule has 6 N–H and O–H groups in total. The van der Waals surface area contributed by atoms with Crippen LogP contribution in [0.3, 0.4) is 0 Å². The Morgan fingerprint density at radius 2 is 1.94 bits per heavy atom. The third kappa shape index (κ3) is 3.49. The van der Waals surface area contributed by atoms with Crippen molar-refractivity contribution in [3.05, 3.63) is 58.1 Å². The Labute approximate surface area is 183 Å². The SMILES string of the molecule is CC1(C)C(N)=N[C@](C)(c2cc(Nc3nccc4[nH]c(=O)cnc34)cc(F)c2F)CS1(O)O. The number of nitrogens with two attached hydrogens (primary N) is 1. The molecule has 32 heavy (non-hydrogen) atoms. The van der Waals surface area contributed by atoms with Crippen molar-refractivity contribution >= 4 is 39.0 Å². The third-order valence-corrected chi connectivity index (χ3v) is 8.46. The number of hydrogen-bond acceptors (Lipinski definition) is 8. The van der Waals surface area contributed by atoms with Crippen molar-refractivity contribution in [2.75, 3.05) is 11.1 Å². The largest absolute Gasteiger partial charge is 0.386 e. The van der Waals surface area contributed by atoms with Crippen LogP contribution in [0.4, 0.5) is 20.3 Å². The van der Waals surface area contributed by atoms with Gasteiger partial charge in [0, 0.05) is 23.5 Å². The first-order valence-electron chi connectivity index (χ1n) is 9.56. The van der Waals surface area contributed by atoms with Gasteiger partial charge in [-0.1, -0.05) is 0 Å². The number of aromatic nitrogens is 3. The molecule has 0 unspecified atom stereocenters. The highest BCUT2D eigenvalue weighted by molar-refractivity contribution is 8.26. The summed E-state index contributed by atoms with van der Waals surface area (Å²) in [6.45, 7) is 4.55. The molecule has 0 saturated heterocycles. The van der Waals surface area contributed by atoms with E-state index in [9.17, 15) is 22.7 Å². The molecular formula is C20H22F2N6O3S. The number of pyridine rings is 1. The molecule has 1 atom stereocenters. The Bertz CT molecular complexity index is 1330. The van der Waals surface area contributed by atoms with Crippen LogP contribution in [0.2, 0.25) is 0 Å². The van der Waals surface area contributed by atoms with Gasteiger partial charge in [-0.3, -0.25) is 18.9 Å². The van der Waals surface area contributed by atoms with Gasteiger partial charge in [0.05, 0.1) is 17.5 Å². The van der Waals surface area contributed by atoms with Gasteiger partial charge in [0.1, 0.15) is 21.6 Å². The predicted molar refractivity (Wildman–Crippen MR) is 121 cm³/mol. The molecule has 170 valence electrons. The van der Waals surface area contributed by atoms with Gasteiger partial charge >= 0.3 is 0 Å². The Hall–Kier alpha value is -3.09. The van der Waals surface area contributed by atoms with E-state index >= 15 is 0 Å². The number of aromatic amines is 1. The molecule has 1 aliphatic heterocycles. The predicted octanol–water partition coefficient (Wildman–Crippen LogP) is 3.46. The average molecular weight is 464 g/mol. The monoisotopic (exact) mass is 464 g/mol. The number of benzene rings is 1. The van der Waals surface area contributed by atoms with Gasteiger partial charge in [-0.15, -0.1) is 0 Å². The van der Waals surface area contributed by atoms with Crippen LogP contribution in [-0.4, -0.2) is 40.4 Å². The number of hydrogen-bond donors (Lipinski definition) is 5. The number of nitrogens with one attached hydrogen (secondary N) is 2.